The first-order valence-corrected chi connectivity index (χ1v) is 4.72. The van der Waals surface area contributed by atoms with E-state index in [1.807, 2.05) is 24.3 Å². The van der Waals surface area contributed by atoms with E-state index in [2.05, 4.69) is 0 Å². The standard InChI is InChI=1S/C11H15NO3/c1-14-8-15-10-5-3-2-4-9(10)6-7-11(12)13/h2-5H,6-8H2,1H3,(H2,12,13). The van der Waals surface area contributed by atoms with Gasteiger partial charge in [0.25, 0.3) is 0 Å². The molecule has 0 heterocycles. The first kappa shape index (κ1) is 11.5. The quantitative estimate of drug-likeness (QED) is 0.713. The highest BCUT2D eigenvalue weighted by atomic mass is 16.7. The number of hydrogen-bond acceptors (Lipinski definition) is 3. The van der Waals surface area contributed by atoms with E-state index in [-0.39, 0.29) is 12.7 Å². The number of nitrogens with two attached hydrogens (primary N) is 1. The van der Waals surface area contributed by atoms with Crippen LogP contribution in [0.5, 0.6) is 5.75 Å². The third-order valence-electron chi connectivity index (χ3n) is 1.95. The maximum Gasteiger partial charge on any atom is 0.217 e. The van der Waals surface area contributed by atoms with Crippen LogP contribution in [0.3, 0.4) is 0 Å². The molecule has 0 saturated heterocycles. The molecule has 0 saturated carbocycles. The number of carbonyl (C=O) groups excluding carboxylic acids is 1. The van der Waals surface area contributed by atoms with Gasteiger partial charge in [-0.3, -0.25) is 4.79 Å². The van der Waals surface area contributed by atoms with E-state index in [0.29, 0.717) is 12.8 Å². The third kappa shape index (κ3) is 3.99. The molecule has 1 aromatic carbocycles. The zero-order valence-corrected chi connectivity index (χ0v) is 8.73. The van der Waals surface area contributed by atoms with Gasteiger partial charge in [-0.15, -0.1) is 0 Å². The van der Waals surface area contributed by atoms with Crippen molar-refractivity contribution in [3.8, 4) is 5.75 Å². The molecule has 1 rings (SSSR count). The zero-order valence-electron chi connectivity index (χ0n) is 8.73. The second kappa shape index (κ2) is 6.03. The number of rotatable bonds is 6. The second-order valence-electron chi connectivity index (χ2n) is 3.12. The summed E-state index contributed by atoms with van der Waals surface area (Å²) >= 11 is 0. The number of primary amides is 1. The van der Waals surface area contributed by atoms with Crippen LogP contribution in [0.2, 0.25) is 0 Å². The number of carbonyl (C=O) groups is 1. The van der Waals surface area contributed by atoms with E-state index >= 15 is 0 Å². The molecule has 0 atom stereocenters. The van der Waals surface area contributed by atoms with Crippen LogP contribution in [-0.4, -0.2) is 19.8 Å². The summed E-state index contributed by atoms with van der Waals surface area (Å²) in [5.74, 6) is 0.428. The molecule has 4 heteroatoms. The highest BCUT2D eigenvalue weighted by Crippen LogP contribution is 2.19. The lowest BCUT2D eigenvalue weighted by molar-refractivity contribution is -0.117. The molecule has 15 heavy (non-hydrogen) atoms. The van der Waals surface area contributed by atoms with Crippen molar-refractivity contribution >= 4 is 5.91 Å². The van der Waals surface area contributed by atoms with Crippen molar-refractivity contribution in [3.05, 3.63) is 29.8 Å². The van der Waals surface area contributed by atoms with E-state index in [1.54, 1.807) is 7.11 Å². The number of aryl methyl sites for hydroxylation is 1. The Morgan fingerprint density at radius 2 is 2.13 bits per heavy atom. The highest BCUT2D eigenvalue weighted by molar-refractivity contribution is 5.74. The molecule has 0 aliphatic rings. The Kier molecular flexibility index (Phi) is 4.63. The molecular formula is C11H15NO3. The van der Waals surface area contributed by atoms with Crippen molar-refractivity contribution in [1.29, 1.82) is 0 Å². The molecule has 0 aliphatic heterocycles. The summed E-state index contributed by atoms with van der Waals surface area (Å²) in [5, 5.41) is 0. The first-order valence-electron chi connectivity index (χ1n) is 4.72. The number of hydrogen-bond donors (Lipinski definition) is 1. The summed E-state index contributed by atoms with van der Waals surface area (Å²) in [6.45, 7) is 0.202. The monoisotopic (exact) mass is 209 g/mol. The topological polar surface area (TPSA) is 61.6 Å². The summed E-state index contributed by atoms with van der Waals surface area (Å²) in [4.78, 5) is 10.7. The van der Waals surface area contributed by atoms with Gasteiger partial charge in [0.05, 0.1) is 0 Å². The molecule has 0 fully saturated rings. The van der Waals surface area contributed by atoms with Crippen molar-refractivity contribution in [1.82, 2.24) is 0 Å². The molecule has 0 unspecified atom stereocenters. The minimum atomic E-state index is -0.309. The summed E-state index contributed by atoms with van der Waals surface area (Å²) in [6, 6.07) is 7.53. The molecule has 1 amide bonds. The van der Waals surface area contributed by atoms with Crippen molar-refractivity contribution in [2.75, 3.05) is 13.9 Å². The van der Waals surface area contributed by atoms with Crippen LogP contribution in [0.25, 0.3) is 0 Å². The molecular weight excluding hydrogens is 194 g/mol. The minimum absolute atomic E-state index is 0.202. The molecule has 0 aromatic heterocycles. The van der Waals surface area contributed by atoms with Gasteiger partial charge in [-0.2, -0.15) is 0 Å². The Hall–Kier alpha value is -1.55. The third-order valence-corrected chi connectivity index (χ3v) is 1.95. The lowest BCUT2D eigenvalue weighted by atomic mass is 10.1. The Labute approximate surface area is 89.0 Å². The van der Waals surface area contributed by atoms with Crippen molar-refractivity contribution in [2.45, 2.75) is 12.8 Å². The summed E-state index contributed by atoms with van der Waals surface area (Å²) in [5.41, 5.74) is 6.05. The van der Waals surface area contributed by atoms with E-state index in [1.165, 1.54) is 0 Å². The number of methoxy groups -OCH3 is 1. The largest absolute Gasteiger partial charge is 0.467 e. The zero-order chi connectivity index (χ0) is 11.1. The SMILES string of the molecule is COCOc1ccccc1CCC(N)=O. The fraction of sp³-hybridized carbons (Fsp3) is 0.364. The van der Waals surface area contributed by atoms with Gasteiger partial charge in [-0.1, -0.05) is 18.2 Å². The predicted octanol–water partition coefficient (Wildman–Crippen LogP) is 1.09. The van der Waals surface area contributed by atoms with Gasteiger partial charge in [-0.25, -0.2) is 0 Å². The van der Waals surface area contributed by atoms with Crippen LogP contribution >= 0.6 is 0 Å². The van der Waals surface area contributed by atoms with E-state index < -0.39 is 0 Å². The van der Waals surface area contributed by atoms with Crippen molar-refractivity contribution in [2.24, 2.45) is 5.73 Å². The average Bonchev–Trinajstić information content (AvgIpc) is 2.24. The van der Waals surface area contributed by atoms with Gasteiger partial charge in [0.15, 0.2) is 6.79 Å². The van der Waals surface area contributed by atoms with E-state index in [4.69, 9.17) is 15.2 Å². The van der Waals surface area contributed by atoms with Gasteiger partial charge < -0.3 is 15.2 Å². The number of para-hydroxylation sites is 1. The Morgan fingerprint density at radius 1 is 1.40 bits per heavy atom. The average molecular weight is 209 g/mol. The fourth-order valence-electron chi connectivity index (χ4n) is 1.23. The smallest absolute Gasteiger partial charge is 0.217 e. The van der Waals surface area contributed by atoms with Crippen LogP contribution in [0.1, 0.15) is 12.0 Å². The van der Waals surface area contributed by atoms with Crippen LogP contribution in [0.4, 0.5) is 0 Å². The summed E-state index contributed by atoms with van der Waals surface area (Å²) in [7, 11) is 1.56. The van der Waals surface area contributed by atoms with Crippen LogP contribution in [0.15, 0.2) is 24.3 Å². The number of benzene rings is 1. The van der Waals surface area contributed by atoms with Gasteiger partial charge in [-0.05, 0) is 18.1 Å². The molecule has 2 N–H and O–H groups in total. The lowest BCUT2D eigenvalue weighted by Gasteiger charge is -2.09. The van der Waals surface area contributed by atoms with Crippen LogP contribution < -0.4 is 10.5 Å². The van der Waals surface area contributed by atoms with Crippen molar-refractivity contribution in [3.63, 3.8) is 0 Å². The molecule has 0 spiro atoms. The van der Waals surface area contributed by atoms with Crippen molar-refractivity contribution < 1.29 is 14.3 Å². The molecule has 82 valence electrons. The fourth-order valence-corrected chi connectivity index (χ4v) is 1.23. The summed E-state index contributed by atoms with van der Waals surface area (Å²) in [6.07, 6.45) is 0.919. The predicted molar refractivity (Wildman–Crippen MR) is 56.5 cm³/mol. The van der Waals surface area contributed by atoms with Gasteiger partial charge in [0.1, 0.15) is 5.75 Å². The van der Waals surface area contributed by atoms with E-state index in [0.717, 1.165) is 11.3 Å². The molecule has 0 aliphatic carbocycles. The van der Waals surface area contributed by atoms with Gasteiger partial charge in [0, 0.05) is 13.5 Å². The molecule has 0 radical (unpaired) electrons. The lowest BCUT2D eigenvalue weighted by Crippen LogP contribution is -2.11. The first-order chi connectivity index (χ1) is 7.24. The molecule has 1 aromatic rings. The maximum atomic E-state index is 10.7. The van der Waals surface area contributed by atoms with Gasteiger partial charge >= 0.3 is 0 Å². The Morgan fingerprint density at radius 3 is 2.80 bits per heavy atom. The highest BCUT2D eigenvalue weighted by Gasteiger charge is 2.04. The maximum absolute atomic E-state index is 10.7. The number of amides is 1. The Balaban J connectivity index is 2.63. The minimum Gasteiger partial charge on any atom is -0.467 e. The summed E-state index contributed by atoms with van der Waals surface area (Å²) < 4.78 is 10.2. The van der Waals surface area contributed by atoms with Crippen LogP contribution in [-0.2, 0) is 16.0 Å². The van der Waals surface area contributed by atoms with Crippen LogP contribution in [0, 0.1) is 0 Å². The normalized spacial score (nSPS) is 9.93. The van der Waals surface area contributed by atoms with Gasteiger partial charge in [0.2, 0.25) is 5.91 Å². The molecule has 4 nitrogen and oxygen atoms in total. The second-order valence-corrected chi connectivity index (χ2v) is 3.12. The molecule has 0 bridgehead atoms. The Bertz CT molecular complexity index is 325. The van der Waals surface area contributed by atoms with E-state index in [9.17, 15) is 4.79 Å². The number of ether oxygens (including phenoxy) is 2.